The van der Waals surface area contributed by atoms with Crippen LogP contribution in [-0.4, -0.2) is 11.2 Å². The Hall–Kier alpha value is -0.820. The van der Waals surface area contributed by atoms with Gasteiger partial charge >= 0.3 is 0 Å². The summed E-state index contributed by atoms with van der Waals surface area (Å²) in [6, 6.07) is 0. The first-order chi connectivity index (χ1) is 10.6. The largest absolute Gasteiger partial charge is 0.388 e. The van der Waals surface area contributed by atoms with Gasteiger partial charge < -0.3 is 5.11 Å². The van der Waals surface area contributed by atoms with Crippen LogP contribution in [0.1, 0.15) is 71.6 Å². The summed E-state index contributed by atoms with van der Waals surface area (Å²) in [7, 11) is 0. The number of aliphatic hydroxyl groups is 1. The molecule has 0 aromatic carbocycles. The monoisotopic (exact) mass is 300 g/mol. The van der Waals surface area contributed by atoms with Gasteiger partial charge in [-0.15, -0.1) is 0 Å². The van der Waals surface area contributed by atoms with Crippen LogP contribution in [0, 0.1) is 17.3 Å². The van der Waals surface area contributed by atoms with Gasteiger partial charge in [0.05, 0.1) is 6.10 Å². The van der Waals surface area contributed by atoms with Crippen LogP contribution in [0.3, 0.4) is 0 Å². The van der Waals surface area contributed by atoms with Gasteiger partial charge in [0.15, 0.2) is 0 Å². The van der Waals surface area contributed by atoms with E-state index >= 15 is 0 Å². The van der Waals surface area contributed by atoms with Crippen molar-refractivity contribution in [1.29, 1.82) is 0 Å². The van der Waals surface area contributed by atoms with Gasteiger partial charge in [0, 0.05) is 0 Å². The highest BCUT2D eigenvalue weighted by molar-refractivity contribution is 5.37. The van der Waals surface area contributed by atoms with Crippen LogP contribution in [-0.2, 0) is 0 Å². The Bertz CT molecular complexity index is 498. The fraction of sp³-hybridized carbons (Fsp3) is 0.714. The van der Waals surface area contributed by atoms with Crippen molar-refractivity contribution < 1.29 is 5.11 Å². The maximum atomic E-state index is 9.98. The lowest BCUT2D eigenvalue weighted by molar-refractivity contribution is 0.133. The summed E-state index contributed by atoms with van der Waals surface area (Å²) in [5, 5.41) is 9.98. The van der Waals surface area contributed by atoms with E-state index < -0.39 is 0 Å². The highest BCUT2D eigenvalue weighted by Gasteiger charge is 2.48. The van der Waals surface area contributed by atoms with Crippen molar-refractivity contribution in [3.05, 3.63) is 35.5 Å². The molecule has 3 rings (SSSR count). The van der Waals surface area contributed by atoms with E-state index in [1.165, 1.54) is 44.1 Å². The first kappa shape index (κ1) is 16.1. The van der Waals surface area contributed by atoms with Crippen LogP contribution in [0.15, 0.2) is 35.5 Å². The van der Waals surface area contributed by atoms with Gasteiger partial charge in [0.2, 0.25) is 0 Å². The molecule has 122 valence electrons. The van der Waals surface area contributed by atoms with Crippen molar-refractivity contribution in [2.75, 3.05) is 0 Å². The third-order valence-corrected chi connectivity index (χ3v) is 6.89. The van der Waals surface area contributed by atoms with Crippen molar-refractivity contribution in [1.82, 2.24) is 0 Å². The van der Waals surface area contributed by atoms with E-state index in [-0.39, 0.29) is 6.10 Å². The first-order valence-corrected chi connectivity index (χ1v) is 9.33. The van der Waals surface area contributed by atoms with Crippen molar-refractivity contribution >= 4 is 0 Å². The Morgan fingerprint density at radius 2 is 2.00 bits per heavy atom. The van der Waals surface area contributed by atoms with Crippen LogP contribution in [0.25, 0.3) is 0 Å². The molecule has 22 heavy (non-hydrogen) atoms. The van der Waals surface area contributed by atoms with E-state index in [9.17, 15) is 5.11 Å². The zero-order valence-electron chi connectivity index (χ0n) is 14.4. The lowest BCUT2D eigenvalue weighted by Gasteiger charge is -2.42. The summed E-state index contributed by atoms with van der Waals surface area (Å²) in [5.74, 6) is 1.71. The van der Waals surface area contributed by atoms with Crippen molar-refractivity contribution in [2.45, 2.75) is 77.7 Å². The second kappa shape index (κ2) is 6.35. The van der Waals surface area contributed by atoms with Gasteiger partial charge in [-0.25, -0.2) is 0 Å². The van der Waals surface area contributed by atoms with Gasteiger partial charge in [-0.3, -0.25) is 0 Å². The second-order valence-corrected chi connectivity index (χ2v) is 7.96. The molecule has 4 unspecified atom stereocenters. The van der Waals surface area contributed by atoms with E-state index in [2.05, 4.69) is 32.6 Å². The summed E-state index contributed by atoms with van der Waals surface area (Å²) in [6.45, 7) is 9.01. The molecule has 0 bridgehead atoms. The maximum absolute atomic E-state index is 9.98. The molecule has 0 saturated heterocycles. The zero-order chi connectivity index (χ0) is 15.7. The number of fused-ring (bicyclic) bond motifs is 1. The summed E-state index contributed by atoms with van der Waals surface area (Å²) in [6.07, 6.45) is 15.6. The Kier molecular flexibility index (Phi) is 4.64. The van der Waals surface area contributed by atoms with E-state index in [0.717, 1.165) is 36.7 Å². The molecule has 3 saturated carbocycles. The lowest BCUT2D eigenvalue weighted by atomic mass is 9.63. The molecule has 0 aromatic rings. The number of hydrogen-bond donors (Lipinski definition) is 1. The van der Waals surface area contributed by atoms with Crippen LogP contribution >= 0.6 is 0 Å². The third kappa shape index (κ3) is 2.73. The van der Waals surface area contributed by atoms with Crippen molar-refractivity contribution in [3.8, 4) is 0 Å². The zero-order valence-corrected chi connectivity index (χ0v) is 14.4. The van der Waals surface area contributed by atoms with Gasteiger partial charge in [0.1, 0.15) is 0 Å². The number of rotatable bonds is 2. The molecule has 0 amide bonds. The van der Waals surface area contributed by atoms with Gasteiger partial charge in [0.25, 0.3) is 0 Å². The molecule has 0 radical (unpaired) electrons. The second-order valence-electron chi connectivity index (χ2n) is 7.96. The fourth-order valence-corrected chi connectivity index (χ4v) is 5.45. The molecule has 3 fully saturated rings. The SMILES string of the molecule is C=C1/C(=C\C=C2/CCCC3(C)C(CC)CCC23)CCCC1O. The molecule has 1 N–H and O–H groups in total. The Morgan fingerprint density at radius 1 is 1.18 bits per heavy atom. The minimum Gasteiger partial charge on any atom is -0.388 e. The summed E-state index contributed by atoms with van der Waals surface area (Å²) in [4.78, 5) is 0. The van der Waals surface area contributed by atoms with Crippen LogP contribution < -0.4 is 0 Å². The third-order valence-electron chi connectivity index (χ3n) is 6.89. The molecule has 0 aromatic heterocycles. The Balaban J connectivity index is 1.81. The molecule has 1 heteroatoms. The first-order valence-electron chi connectivity index (χ1n) is 9.33. The average Bonchev–Trinajstić information content (AvgIpc) is 2.85. The van der Waals surface area contributed by atoms with E-state index in [0.29, 0.717) is 5.41 Å². The maximum Gasteiger partial charge on any atom is 0.0787 e. The Morgan fingerprint density at radius 3 is 2.77 bits per heavy atom. The molecule has 3 aliphatic rings. The van der Waals surface area contributed by atoms with Crippen molar-refractivity contribution in [2.24, 2.45) is 17.3 Å². The molecular weight excluding hydrogens is 268 g/mol. The number of allylic oxidation sites excluding steroid dienone is 3. The summed E-state index contributed by atoms with van der Waals surface area (Å²) >= 11 is 0. The smallest absolute Gasteiger partial charge is 0.0787 e. The lowest BCUT2D eigenvalue weighted by Crippen LogP contribution is -2.32. The standard InChI is InChI=1S/C21H32O/c1-4-18-12-13-19-17(8-6-14-21(18,19)3)11-10-16-7-5-9-20(22)15(16)2/h10-11,18-20,22H,2,4-9,12-14H2,1,3H3/b16-10-,17-11+. The van der Waals surface area contributed by atoms with Crippen LogP contribution in [0.2, 0.25) is 0 Å². The molecule has 0 spiro atoms. The highest BCUT2D eigenvalue weighted by Crippen LogP contribution is 2.58. The topological polar surface area (TPSA) is 20.2 Å². The van der Waals surface area contributed by atoms with E-state index in [4.69, 9.17) is 0 Å². The molecular formula is C21H32O. The van der Waals surface area contributed by atoms with Gasteiger partial charge in [-0.05, 0) is 79.8 Å². The summed E-state index contributed by atoms with van der Waals surface area (Å²) < 4.78 is 0. The minimum absolute atomic E-state index is 0.314. The van der Waals surface area contributed by atoms with E-state index in [1.54, 1.807) is 5.57 Å². The number of hydrogen-bond acceptors (Lipinski definition) is 1. The highest BCUT2D eigenvalue weighted by atomic mass is 16.3. The predicted octanol–water partition coefficient (Wildman–Crippen LogP) is 5.57. The van der Waals surface area contributed by atoms with E-state index in [1.807, 2.05) is 0 Å². The van der Waals surface area contributed by atoms with Crippen LogP contribution in [0.4, 0.5) is 0 Å². The average molecular weight is 300 g/mol. The predicted molar refractivity (Wildman–Crippen MR) is 93.6 cm³/mol. The molecule has 3 aliphatic carbocycles. The summed E-state index contributed by atoms with van der Waals surface area (Å²) in [5.41, 5.74) is 4.45. The molecule has 1 nitrogen and oxygen atoms in total. The normalized spacial score (nSPS) is 42.9. The van der Waals surface area contributed by atoms with Gasteiger partial charge in [-0.2, -0.15) is 0 Å². The molecule has 4 atom stereocenters. The quantitative estimate of drug-likeness (QED) is 0.707. The van der Waals surface area contributed by atoms with Gasteiger partial charge in [-0.1, -0.05) is 44.6 Å². The number of aliphatic hydroxyl groups excluding tert-OH is 1. The Labute approximate surface area is 136 Å². The van der Waals surface area contributed by atoms with Crippen LogP contribution in [0.5, 0.6) is 0 Å². The molecule has 0 heterocycles. The minimum atomic E-state index is -0.314. The molecule has 0 aliphatic heterocycles. The van der Waals surface area contributed by atoms with Crippen molar-refractivity contribution in [3.63, 3.8) is 0 Å². The fourth-order valence-electron chi connectivity index (χ4n) is 5.45.